The standard InChI is InChI=1S/C26H32N6OS/c1-19-17-22(20(2)32(19)18-21-6-9-27-10-7-21)25-24(23-5-3-4-8-28-23)29-26(34)31(25)12-11-30-13-15-33-16-14-30/h3-10,17,24-25H,11-16,18H2,1-2H3,(H,29,34)/t24-,25-/m1/s1. The lowest BCUT2D eigenvalue weighted by Gasteiger charge is -2.32. The second-order valence-corrected chi connectivity index (χ2v) is 9.43. The molecule has 2 aliphatic heterocycles. The molecule has 2 atom stereocenters. The second kappa shape index (κ2) is 10.2. The third-order valence-corrected chi connectivity index (χ3v) is 7.33. The Kier molecular flexibility index (Phi) is 6.89. The molecule has 2 saturated heterocycles. The van der Waals surface area contributed by atoms with Gasteiger partial charge in [-0.25, -0.2) is 0 Å². The highest BCUT2D eigenvalue weighted by molar-refractivity contribution is 7.80. The van der Waals surface area contributed by atoms with Gasteiger partial charge in [-0.2, -0.15) is 0 Å². The van der Waals surface area contributed by atoms with Crippen molar-refractivity contribution in [3.8, 4) is 0 Å². The molecule has 0 spiro atoms. The van der Waals surface area contributed by atoms with Gasteiger partial charge < -0.3 is 19.5 Å². The van der Waals surface area contributed by atoms with Crippen molar-refractivity contribution in [1.82, 2.24) is 29.7 Å². The maximum atomic E-state index is 5.88. The first-order valence-corrected chi connectivity index (χ1v) is 12.4. The van der Waals surface area contributed by atoms with Crippen LogP contribution in [-0.2, 0) is 11.3 Å². The zero-order valence-electron chi connectivity index (χ0n) is 19.9. The quantitative estimate of drug-likeness (QED) is 0.526. The van der Waals surface area contributed by atoms with Crippen LogP contribution < -0.4 is 5.32 Å². The van der Waals surface area contributed by atoms with Gasteiger partial charge in [0.2, 0.25) is 0 Å². The van der Waals surface area contributed by atoms with Crippen LogP contribution in [0, 0.1) is 13.8 Å². The van der Waals surface area contributed by atoms with Crippen LogP contribution in [0.2, 0.25) is 0 Å². The van der Waals surface area contributed by atoms with Crippen LogP contribution in [0.1, 0.15) is 40.3 Å². The average Bonchev–Trinajstić information content (AvgIpc) is 3.35. The van der Waals surface area contributed by atoms with Gasteiger partial charge in [-0.15, -0.1) is 0 Å². The number of thiocarbonyl (C=S) groups is 1. The minimum absolute atomic E-state index is 0.00765. The molecule has 3 aromatic heterocycles. The summed E-state index contributed by atoms with van der Waals surface area (Å²) >= 11 is 5.88. The van der Waals surface area contributed by atoms with Crippen LogP contribution in [0.25, 0.3) is 0 Å². The summed E-state index contributed by atoms with van der Waals surface area (Å²) in [5.74, 6) is 0. The van der Waals surface area contributed by atoms with E-state index < -0.39 is 0 Å². The summed E-state index contributed by atoms with van der Waals surface area (Å²) < 4.78 is 7.92. The van der Waals surface area contributed by atoms with E-state index in [0.717, 1.165) is 56.7 Å². The summed E-state index contributed by atoms with van der Waals surface area (Å²) in [6.07, 6.45) is 5.57. The van der Waals surface area contributed by atoms with E-state index >= 15 is 0 Å². The highest BCUT2D eigenvalue weighted by Gasteiger charge is 2.41. The lowest BCUT2D eigenvalue weighted by molar-refractivity contribution is 0.0350. The number of aromatic nitrogens is 3. The number of hydrogen-bond acceptors (Lipinski definition) is 5. The Morgan fingerprint density at radius 3 is 2.59 bits per heavy atom. The molecule has 0 aliphatic carbocycles. The van der Waals surface area contributed by atoms with Crippen molar-refractivity contribution in [1.29, 1.82) is 0 Å². The van der Waals surface area contributed by atoms with Gasteiger partial charge in [0, 0.05) is 62.7 Å². The Balaban J connectivity index is 1.47. The smallest absolute Gasteiger partial charge is 0.170 e. The molecule has 0 radical (unpaired) electrons. The fourth-order valence-corrected chi connectivity index (χ4v) is 5.43. The summed E-state index contributed by atoms with van der Waals surface area (Å²) in [5, 5.41) is 4.40. The van der Waals surface area contributed by atoms with E-state index in [9.17, 15) is 0 Å². The van der Waals surface area contributed by atoms with Gasteiger partial charge in [-0.3, -0.25) is 14.9 Å². The van der Waals surface area contributed by atoms with Crippen LogP contribution in [-0.4, -0.2) is 68.8 Å². The van der Waals surface area contributed by atoms with Crippen LogP contribution in [0.15, 0.2) is 55.0 Å². The van der Waals surface area contributed by atoms with Crippen molar-refractivity contribution >= 4 is 17.3 Å². The first kappa shape index (κ1) is 23.0. The number of hydrogen-bond donors (Lipinski definition) is 1. The summed E-state index contributed by atoms with van der Waals surface area (Å²) in [7, 11) is 0. The minimum atomic E-state index is 0.00765. The third-order valence-electron chi connectivity index (χ3n) is 6.98. The summed E-state index contributed by atoms with van der Waals surface area (Å²) in [6, 6.07) is 12.7. The molecule has 34 heavy (non-hydrogen) atoms. The fourth-order valence-electron chi connectivity index (χ4n) is 5.10. The predicted molar refractivity (Wildman–Crippen MR) is 137 cm³/mol. The maximum Gasteiger partial charge on any atom is 0.170 e. The number of nitrogens with zero attached hydrogens (tertiary/aromatic N) is 5. The van der Waals surface area contributed by atoms with E-state index in [1.54, 1.807) is 0 Å². The SMILES string of the molecule is Cc1cc([C@@H]2[C@@H](c3ccccn3)NC(=S)N2CCN2CCOCC2)c(C)n1Cc1ccncc1. The molecule has 2 aliphatic rings. The highest BCUT2D eigenvalue weighted by Crippen LogP contribution is 2.40. The first-order valence-electron chi connectivity index (χ1n) is 12.0. The molecular weight excluding hydrogens is 444 g/mol. The van der Waals surface area contributed by atoms with E-state index in [-0.39, 0.29) is 12.1 Å². The molecule has 5 heterocycles. The zero-order chi connectivity index (χ0) is 23.5. The lowest BCUT2D eigenvalue weighted by Crippen LogP contribution is -2.42. The average molecular weight is 477 g/mol. The Labute approximate surface area is 206 Å². The van der Waals surface area contributed by atoms with Gasteiger partial charge in [0.25, 0.3) is 0 Å². The third kappa shape index (κ3) is 4.71. The van der Waals surface area contributed by atoms with Crippen molar-refractivity contribution in [3.05, 3.63) is 83.2 Å². The number of nitrogens with one attached hydrogen (secondary N) is 1. The number of ether oxygens (including phenoxy) is 1. The number of morpholine rings is 1. The minimum Gasteiger partial charge on any atom is -0.379 e. The largest absolute Gasteiger partial charge is 0.379 e. The molecule has 1 N–H and O–H groups in total. The van der Waals surface area contributed by atoms with Gasteiger partial charge in [-0.05, 0) is 67.5 Å². The van der Waals surface area contributed by atoms with E-state index in [0.29, 0.717) is 0 Å². The van der Waals surface area contributed by atoms with Crippen LogP contribution in [0.5, 0.6) is 0 Å². The van der Waals surface area contributed by atoms with Gasteiger partial charge in [0.05, 0.1) is 31.0 Å². The number of pyridine rings is 2. The summed E-state index contributed by atoms with van der Waals surface area (Å²) in [5.41, 5.74) is 6.08. The molecule has 0 unspecified atom stereocenters. The van der Waals surface area contributed by atoms with Crippen molar-refractivity contribution in [2.75, 3.05) is 39.4 Å². The van der Waals surface area contributed by atoms with Gasteiger partial charge in [-0.1, -0.05) is 6.07 Å². The van der Waals surface area contributed by atoms with E-state index in [1.807, 2.05) is 30.7 Å². The summed E-state index contributed by atoms with van der Waals surface area (Å²) in [4.78, 5) is 13.7. The molecule has 3 aromatic rings. The van der Waals surface area contributed by atoms with Crippen molar-refractivity contribution in [3.63, 3.8) is 0 Å². The Morgan fingerprint density at radius 2 is 1.85 bits per heavy atom. The van der Waals surface area contributed by atoms with Gasteiger partial charge >= 0.3 is 0 Å². The van der Waals surface area contributed by atoms with E-state index in [1.165, 1.54) is 22.5 Å². The topological polar surface area (TPSA) is 58.5 Å². The normalized spacial score (nSPS) is 21.1. The molecule has 5 rings (SSSR count). The molecule has 0 aromatic carbocycles. The molecular formula is C26H32N6OS. The first-order chi connectivity index (χ1) is 16.6. The van der Waals surface area contributed by atoms with Crippen molar-refractivity contribution < 1.29 is 4.74 Å². The van der Waals surface area contributed by atoms with Crippen LogP contribution in [0.3, 0.4) is 0 Å². The lowest BCUT2D eigenvalue weighted by atomic mass is 9.96. The van der Waals surface area contributed by atoms with Gasteiger partial charge in [0.15, 0.2) is 5.11 Å². The number of rotatable bonds is 7. The van der Waals surface area contributed by atoms with E-state index in [2.05, 4.69) is 62.8 Å². The fraction of sp³-hybridized carbons (Fsp3) is 0.423. The highest BCUT2D eigenvalue weighted by atomic mass is 32.1. The van der Waals surface area contributed by atoms with E-state index in [4.69, 9.17) is 21.9 Å². The Hall–Kier alpha value is -2.81. The van der Waals surface area contributed by atoms with Crippen molar-refractivity contribution in [2.24, 2.45) is 0 Å². The molecule has 178 valence electrons. The Bertz CT molecular complexity index is 1110. The van der Waals surface area contributed by atoms with Crippen molar-refractivity contribution in [2.45, 2.75) is 32.5 Å². The van der Waals surface area contributed by atoms with Crippen LogP contribution >= 0.6 is 12.2 Å². The van der Waals surface area contributed by atoms with Crippen LogP contribution in [0.4, 0.5) is 0 Å². The monoisotopic (exact) mass is 476 g/mol. The molecule has 8 heteroatoms. The molecule has 0 amide bonds. The molecule has 0 bridgehead atoms. The number of aryl methyl sites for hydroxylation is 1. The summed E-state index contributed by atoms with van der Waals surface area (Å²) in [6.45, 7) is 10.6. The molecule has 7 nitrogen and oxygen atoms in total. The molecule has 2 fully saturated rings. The second-order valence-electron chi connectivity index (χ2n) is 9.04. The predicted octanol–water partition coefficient (Wildman–Crippen LogP) is 3.25. The molecule has 0 saturated carbocycles. The zero-order valence-corrected chi connectivity index (χ0v) is 20.7. The maximum absolute atomic E-state index is 5.88. The van der Waals surface area contributed by atoms with Gasteiger partial charge in [0.1, 0.15) is 0 Å². The Morgan fingerprint density at radius 1 is 1.06 bits per heavy atom.